The van der Waals surface area contributed by atoms with Crippen molar-refractivity contribution in [2.75, 3.05) is 19.8 Å². The van der Waals surface area contributed by atoms with Gasteiger partial charge in [-0.1, -0.05) is 91.0 Å². The average molecular weight is 937 g/mol. The second-order valence-electron chi connectivity index (χ2n) is 19.5. The molecule has 0 amide bonds. The summed E-state index contributed by atoms with van der Waals surface area (Å²) >= 11 is 0. The summed E-state index contributed by atoms with van der Waals surface area (Å²) in [5.41, 5.74) is 0.525. The highest BCUT2D eigenvalue weighted by molar-refractivity contribution is 6.27. The third-order valence-electron chi connectivity index (χ3n) is 10.1. The van der Waals surface area contributed by atoms with Gasteiger partial charge in [0, 0.05) is 0 Å². The molecule has 0 fully saturated rings. The maximum absolute atomic E-state index is 13.1. The molecule has 0 bridgehead atoms. The molecule has 0 N–H and O–H groups in total. The molecule has 7 aromatic carbocycles. The highest BCUT2D eigenvalue weighted by Gasteiger charge is 2.25. The summed E-state index contributed by atoms with van der Waals surface area (Å²) in [5, 5.41) is 4.17. The first-order valence-corrected chi connectivity index (χ1v) is 22.9. The van der Waals surface area contributed by atoms with Crippen LogP contribution in [0.2, 0.25) is 0 Å². The van der Waals surface area contributed by atoms with E-state index < -0.39 is 54.5 Å². The van der Waals surface area contributed by atoms with E-state index in [2.05, 4.69) is 0 Å². The number of benzene rings is 7. The van der Waals surface area contributed by atoms with Gasteiger partial charge >= 0.3 is 17.9 Å². The van der Waals surface area contributed by atoms with E-state index in [1.165, 1.54) is 0 Å². The van der Waals surface area contributed by atoms with Gasteiger partial charge in [0.25, 0.3) is 0 Å². The predicted molar refractivity (Wildman–Crippen MR) is 265 cm³/mol. The smallest absolute Gasteiger partial charge is 0.344 e. The molecule has 0 aliphatic rings. The Labute approximate surface area is 403 Å². The Kier molecular flexibility index (Phi) is 15.2. The molecule has 0 aliphatic heterocycles. The van der Waals surface area contributed by atoms with Crippen molar-refractivity contribution in [3.63, 3.8) is 0 Å². The van der Waals surface area contributed by atoms with Gasteiger partial charge in [0.1, 0.15) is 36.6 Å². The van der Waals surface area contributed by atoms with Gasteiger partial charge in [0.15, 0.2) is 54.3 Å². The SMILES string of the molecule is CC(C)(C)OC(=O)COc1cc2c(cc1OCc1ccccc1)c1cc(OCC(=O)OC(C)(C)C)c(OCc3ccccc3)cc1c1cc(OCC(=O)OC(C)(C)C)c(OCc3ccccc3)cc21. The molecule has 0 saturated heterocycles. The number of carbonyl (C=O) groups is 3. The topological polar surface area (TPSA) is 134 Å². The van der Waals surface area contributed by atoms with E-state index >= 15 is 0 Å². The van der Waals surface area contributed by atoms with Crippen LogP contribution < -0.4 is 28.4 Å². The quantitative estimate of drug-likeness (QED) is 0.0460. The third kappa shape index (κ3) is 14.0. The van der Waals surface area contributed by atoms with Gasteiger partial charge in [-0.3, -0.25) is 0 Å². The third-order valence-corrected chi connectivity index (χ3v) is 10.1. The average Bonchev–Trinajstić information content (AvgIpc) is 3.29. The molecule has 0 radical (unpaired) electrons. The number of rotatable bonds is 18. The van der Waals surface area contributed by atoms with Crippen molar-refractivity contribution in [2.45, 2.75) is 98.9 Å². The number of hydrogen-bond acceptors (Lipinski definition) is 12. The molecule has 0 spiro atoms. The van der Waals surface area contributed by atoms with Gasteiger partial charge < -0.3 is 42.6 Å². The zero-order valence-corrected chi connectivity index (χ0v) is 40.8. The molecule has 0 aliphatic carbocycles. The fraction of sp³-hybridized carbons (Fsp3) is 0.316. The summed E-state index contributed by atoms with van der Waals surface area (Å²) in [7, 11) is 0. The van der Waals surface area contributed by atoms with Crippen LogP contribution in [0.4, 0.5) is 0 Å². The van der Waals surface area contributed by atoms with E-state index in [4.69, 9.17) is 42.6 Å². The molecule has 0 unspecified atom stereocenters. The molecule has 0 saturated carbocycles. The molecular formula is C57H60O12. The number of ether oxygens (including phenoxy) is 9. The first-order valence-electron chi connectivity index (χ1n) is 22.9. The van der Waals surface area contributed by atoms with Crippen molar-refractivity contribution in [3.05, 3.63) is 144 Å². The van der Waals surface area contributed by atoms with Crippen molar-refractivity contribution in [3.8, 4) is 34.5 Å². The molecule has 69 heavy (non-hydrogen) atoms. The van der Waals surface area contributed by atoms with Crippen LogP contribution in [-0.4, -0.2) is 54.5 Å². The fourth-order valence-corrected chi connectivity index (χ4v) is 7.42. The number of hydrogen-bond donors (Lipinski definition) is 0. The minimum absolute atomic E-state index is 0.193. The van der Waals surface area contributed by atoms with Crippen molar-refractivity contribution in [1.82, 2.24) is 0 Å². The molecule has 12 heteroatoms. The Bertz CT molecular complexity index is 2560. The maximum Gasteiger partial charge on any atom is 0.344 e. The first-order chi connectivity index (χ1) is 32.8. The lowest BCUT2D eigenvalue weighted by molar-refractivity contribution is -0.158. The van der Waals surface area contributed by atoms with Crippen molar-refractivity contribution in [1.29, 1.82) is 0 Å². The summed E-state index contributed by atoms with van der Waals surface area (Å²) < 4.78 is 55.3. The Morgan fingerprint density at radius 3 is 0.725 bits per heavy atom. The maximum atomic E-state index is 13.1. The van der Waals surface area contributed by atoms with Crippen LogP contribution in [0.25, 0.3) is 32.3 Å². The van der Waals surface area contributed by atoms with Crippen LogP contribution in [0, 0.1) is 0 Å². The zero-order chi connectivity index (χ0) is 49.3. The van der Waals surface area contributed by atoms with Gasteiger partial charge in [-0.05, 0) is 148 Å². The molecule has 12 nitrogen and oxygen atoms in total. The van der Waals surface area contributed by atoms with E-state index in [1.54, 1.807) is 62.3 Å². The van der Waals surface area contributed by atoms with Gasteiger partial charge in [-0.25, -0.2) is 14.4 Å². The Balaban J connectivity index is 1.47. The minimum atomic E-state index is -0.738. The van der Waals surface area contributed by atoms with Gasteiger partial charge in [-0.15, -0.1) is 0 Å². The molecule has 360 valence electrons. The lowest BCUT2D eigenvalue weighted by atomic mass is 9.93. The minimum Gasteiger partial charge on any atom is -0.485 e. The Morgan fingerprint density at radius 2 is 0.522 bits per heavy atom. The van der Waals surface area contributed by atoms with E-state index in [1.807, 2.05) is 127 Å². The molecule has 0 atom stereocenters. The van der Waals surface area contributed by atoms with Crippen LogP contribution in [0.5, 0.6) is 34.5 Å². The molecule has 7 rings (SSSR count). The van der Waals surface area contributed by atoms with Crippen molar-refractivity contribution in [2.24, 2.45) is 0 Å². The molecular weight excluding hydrogens is 877 g/mol. The highest BCUT2D eigenvalue weighted by Crippen LogP contribution is 2.47. The summed E-state index contributed by atoms with van der Waals surface area (Å²) in [6.45, 7) is 15.5. The largest absolute Gasteiger partial charge is 0.485 e. The molecule has 7 aromatic rings. The lowest BCUT2D eigenvalue weighted by Crippen LogP contribution is -2.27. The summed E-state index contributed by atoms with van der Waals surface area (Å²) in [4.78, 5) is 39.4. The van der Waals surface area contributed by atoms with E-state index in [-0.39, 0.29) is 37.1 Å². The van der Waals surface area contributed by atoms with Crippen LogP contribution in [0.1, 0.15) is 79.0 Å². The molecule has 0 heterocycles. The first kappa shape index (κ1) is 49.4. The predicted octanol–water partition coefficient (Wildman–Crippen LogP) is 12.0. The van der Waals surface area contributed by atoms with E-state index in [0.717, 1.165) is 16.7 Å². The van der Waals surface area contributed by atoms with Crippen LogP contribution >= 0.6 is 0 Å². The van der Waals surface area contributed by atoms with Gasteiger partial charge in [0.2, 0.25) is 0 Å². The highest BCUT2D eigenvalue weighted by atomic mass is 16.6. The van der Waals surface area contributed by atoms with Crippen molar-refractivity contribution >= 4 is 50.2 Å². The second-order valence-corrected chi connectivity index (χ2v) is 19.5. The van der Waals surface area contributed by atoms with Crippen LogP contribution in [-0.2, 0) is 48.4 Å². The van der Waals surface area contributed by atoms with Crippen LogP contribution in [0.15, 0.2) is 127 Å². The normalized spacial score (nSPS) is 11.8. The Hall–Kier alpha value is -7.47. The van der Waals surface area contributed by atoms with Crippen LogP contribution in [0.3, 0.4) is 0 Å². The van der Waals surface area contributed by atoms with Gasteiger partial charge in [0.05, 0.1) is 0 Å². The zero-order valence-electron chi connectivity index (χ0n) is 40.8. The molecule has 0 aromatic heterocycles. The van der Waals surface area contributed by atoms with E-state index in [9.17, 15) is 14.4 Å². The van der Waals surface area contributed by atoms with Crippen molar-refractivity contribution < 1.29 is 57.0 Å². The number of fused-ring (bicyclic) bond motifs is 6. The lowest BCUT2D eigenvalue weighted by Gasteiger charge is -2.22. The van der Waals surface area contributed by atoms with Gasteiger partial charge in [-0.2, -0.15) is 0 Å². The monoisotopic (exact) mass is 936 g/mol. The summed E-state index contributed by atoms with van der Waals surface area (Å²) in [6.07, 6.45) is 0. The standard InChI is InChI=1S/C57H60O12/c1-55(2,3)67-52(58)34-64-49-28-43-40(25-46(49)61-31-37-19-13-10-14-20-37)44-29-50(65-35-53(59)68-56(4,5)6)48(63-33-39-23-17-12-18-24-39)27-42(44)45-30-51(66-36-54(60)69-57(7,8)9)47(26-41(43)45)62-32-38-21-15-11-16-22-38/h10-30H,31-36H2,1-9H3. The summed E-state index contributed by atoms with van der Waals surface area (Å²) in [6, 6.07) is 40.2. The second kappa shape index (κ2) is 21.2. The summed E-state index contributed by atoms with van der Waals surface area (Å²) in [5.74, 6) is 0.245. The van der Waals surface area contributed by atoms with E-state index in [0.29, 0.717) is 49.6 Å². The number of esters is 3. The number of carbonyl (C=O) groups excluding carboxylic acids is 3. The fourth-order valence-electron chi connectivity index (χ4n) is 7.42. The Morgan fingerprint density at radius 1 is 0.319 bits per heavy atom.